The maximum atomic E-state index is 3.49. The van der Waals surface area contributed by atoms with Crippen LogP contribution in [0.2, 0.25) is 0 Å². The minimum absolute atomic E-state index is 0.927. The van der Waals surface area contributed by atoms with Crippen LogP contribution in [-0.2, 0) is 6.42 Å². The molecule has 2 heteroatoms. The quantitative estimate of drug-likeness (QED) is 0.910. The molecule has 0 spiro atoms. The van der Waals surface area contributed by atoms with Gasteiger partial charge in [-0.15, -0.1) is 0 Å². The molecule has 0 saturated carbocycles. The average molecular weight is 290 g/mol. The maximum absolute atomic E-state index is 3.49. The van der Waals surface area contributed by atoms with Crippen molar-refractivity contribution in [3.05, 3.63) is 35.9 Å². The monoisotopic (exact) mass is 290 g/mol. The van der Waals surface area contributed by atoms with E-state index in [1.807, 2.05) is 13.8 Å². The molecule has 2 heterocycles. The van der Waals surface area contributed by atoms with Gasteiger partial charge in [0.15, 0.2) is 0 Å². The largest absolute Gasteiger partial charge is 0.316 e. The van der Waals surface area contributed by atoms with Gasteiger partial charge in [-0.3, -0.25) is 0 Å². The Balaban J connectivity index is 0.000000395. The smallest absolute Gasteiger partial charge is 0.00257 e. The van der Waals surface area contributed by atoms with E-state index in [0.29, 0.717) is 0 Å². The first kappa shape index (κ1) is 18.2. The van der Waals surface area contributed by atoms with E-state index in [1.165, 1.54) is 51.1 Å². The van der Waals surface area contributed by atoms with E-state index in [2.05, 4.69) is 54.4 Å². The Bertz CT molecular complexity index is 338. The molecule has 3 rings (SSSR count). The van der Waals surface area contributed by atoms with Gasteiger partial charge >= 0.3 is 0 Å². The lowest BCUT2D eigenvalue weighted by Crippen LogP contribution is -2.27. The van der Waals surface area contributed by atoms with Gasteiger partial charge in [-0.1, -0.05) is 64.4 Å². The van der Waals surface area contributed by atoms with Crippen LogP contribution in [0.25, 0.3) is 0 Å². The molecule has 120 valence electrons. The number of benzene rings is 1. The van der Waals surface area contributed by atoms with Crippen LogP contribution in [0.1, 0.15) is 39.7 Å². The summed E-state index contributed by atoms with van der Waals surface area (Å²) in [6.07, 6.45) is 2.45. The predicted molar refractivity (Wildman–Crippen MR) is 93.7 cm³/mol. The summed E-state index contributed by atoms with van der Waals surface area (Å²) < 4.78 is 0. The number of hydrogen-bond donors (Lipinski definition) is 1. The molecule has 0 amide bonds. The Hall–Kier alpha value is -0.860. The zero-order valence-electron chi connectivity index (χ0n) is 14.4. The Kier molecular flexibility index (Phi) is 9.36. The average Bonchev–Trinajstić information content (AvgIpc) is 3.10. The lowest BCUT2D eigenvalue weighted by atomic mass is 10.0. The fraction of sp³-hybridized carbons (Fsp3) is 0.684. The predicted octanol–water partition coefficient (Wildman–Crippen LogP) is 3.82. The normalized spacial score (nSPS) is 23.6. The van der Waals surface area contributed by atoms with E-state index in [-0.39, 0.29) is 0 Å². The fourth-order valence-corrected chi connectivity index (χ4v) is 3.07. The van der Waals surface area contributed by atoms with Crippen molar-refractivity contribution >= 4 is 0 Å². The summed E-state index contributed by atoms with van der Waals surface area (Å²) in [5, 5.41) is 3.49. The van der Waals surface area contributed by atoms with Crippen molar-refractivity contribution in [2.24, 2.45) is 11.8 Å². The molecule has 1 aromatic rings. The molecule has 0 aliphatic carbocycles. The van der Waals surface area contributed by atoms with Gasteiger partial charge in [0.1, 0.15) is 0 Å². The van der Waals surface area contributed by atoms with E-state index in [4.69, 9.17) is 0 Å². The van der Waals surface area contributed by atoms with Gasteiger partial charge in [-0.25, -0.2) is 0 Å². The van der Waals surface area contributed by atoms with Crippen LogP contribution in [0.4, 0.5) is 0 Å². The summed E-state index contributed by atoms with van der Waals surface area (Å²) in [6.45, 7) is 14.6. The minimum atomic E-state index is 0.927. The molecule has 0 unspecified atom stereocenters. The lowest BCUT2D eigenvalue weighted by molar-refractivity contribution is 0.317. The molecule has 2 aliphatic heterocycles. The third kappa shape index (κ3) is 6.19. The summed E-state index contributed by atoms with van der Waals surface area (Å²) in [6, 6.07) is 10.8. The van der Waals surface area contributed by atoms with Crippen molar-refractivity contribution in [3.8, 4) is 0 Å². The van der Waals surface area contributed by atoms with Crippen molar-refractivity contribution in [1.29, 1.82) is 0 Å². The standard InChI is InChI=1S/C14H20N2.C3H8.C2H6/c1-2-4-12(5-3-1)6-7-16-10-13-8-15-9-14(13)11-16;1-3-2;1-2/h1-5,13-15H,6-11H2;3H2,1-2H3;1-2H3/t13-,14+;;. The van der Waals surface area contributed by atoms with Crippen molar-refractivity contribution in [1.82, 2.24) is 10.2 Å². The SMILES string of the molecule is CC.CCC.c1ccc(CCN2C[C@H]3CNC[C@H]3C2)cc1. The lowest BCUT2D eigenvalue weighted by Gasteiger charge is -2.16. The third-order valence-electron chi connectivity index (χ3n) is 4.02. The first-order valence-electron chi connectivity index (χ1n) is 8.80. The van der Waals surface area contributed by atoms with Gasteiger partial charge in [0, 0.05) is 19.6 Å². The van der Waals surface area contributed by atoms with Crippen molar-refractivity contribution in [2.45, 2.75) is 40.5 Å². The molecule has 2 saturated heterocycles. The van der Waals surface area contributed by atoms with Crippen molar-refractivity contribution < 1.29 is 0 Å². The van der Waals surface area contributed by atoms with Crippen molar-refractivity contribution in [2.75, 3.05) is 32.7 Å². The van der Waals surface area contributed by atoms with E-state index < -0.39 is 0 Å². The summed E-state index contributed by atoms with van der Waals surface area (Å²) in [4.78, 5) is 2.64. The van der Waals surface area contributed by atoms with Crippen LogP contribution in [0.5, 0.6) is 0 Å². The molecule has 0 radical (unpaired) electrons. The van der Waals surface area contributed by atoms with E-state index in [9.17, 15) is 0 Å². The van der Waals surface area contributed by atoms with Gasteiger partial charge < -0.3 is 10.2 Å². The number of fused-ring (bicyclic) bond motifs is 1. The molecule has 2 atom stereocenters. The van der Waals surface area contributed by atoms with E-state index in [0.717, 1.165) is 11.8 Å². The van der Waals surface area contributed by atoms with Gasteiger partial charge in [0.2, 0.25) is 0 Å². The first-order chi connectivity index (χ1) is 10.3. The van der Waals surface area contributed by atoms with Crippen LogP contribution >= 0.6 is 0 Å². The first-order valence-corrected chi connectivity index (χ1v) is 8.80. The second-order valence-electron chi connectivity index (χ2n) is 5.88. The Morgan fingerprint density at radius 1 is 1.00 bits per heavy atom. The van der Waals surface area contributed by atoms with Crippen molar-refractivity contribution in [3.63, 3.8) is 0 Å². The molecule has 1 N–H and O–H groups in total. The summed E-state index contributed by atoms with van der Waals surface area (Å²) in [5.74, 6) is 1.85. The molecule has 21 heavy (non-hydrogen) atoms. The highest BCUT2D eigenvalue weighted by Gasteiger charge is 2.35. The molecule has 1 aromatic carbocycles. The van der Waals surface area contributed by atoms with Gasteiger partial charge in [0.05, 0.1) is 0 Å². The van der Waals surface area contributed by atoms with Gasteiger partial charge in [0.25, 0.3) is 0 Å². The van der Waals surface area contributed by atoms with Crippen LogP contribution in [0.3, 0.4) is 0 Å². The fourth-order valence-electron chi connectivity index (χ4n) is 3.07. The highest BCUT2D eigenvalue weighted by molar-refractivity contribution is 5.15. The zero-order chi connectivity index (χ0) is 15.5. The molecule has 2 fully saturated rings. The number of nitrogens with zero attached hydrogens (tertiary/aromatic N) is 1. The second kappa shape index (κ2) is 10.8. The zero-order valence-corrected chi connectivity index (χ0v) is 14.4. The molecule has 0 bridgehead atoms. The van der Waals surface area contributed by atoms with Crippen LogP contribution < -0.4 is 5.32 Å². The Labute approximate surface area is 131 Å². The molecule has 2 aliphatic rings. The van der Waals surface area contributed by atoms with Gasteiger partial charge in [-0.05, 0) is 36.9 Å². The van der Waals surface area contributed by atoms with Crippen LogP contribution in [-0.4, -0.2) is 37.6 Å². The molecular weight excluding hydrogens is 256 g/mol. The summed E-state index contributed by atoms with van der Waals surface area (Å²) in [5.41, 5.74) is 1.47. The second-order valence-corrected chi connectivity index (χ2v) is 5.88. The number of hydrogen-bond acceptors (Lipinski definition) is 2. The molecule has 0 aromatic heterocycles. The number of nitrogens with one attached hydrogen (secondary N) is 1. The highest BCUT2D eigenvalue weighted by Crippen LogP contribution is 2.26. The molecular formula is C19H34N2. The Morgan fingerprint density at radius 2 is 1.52 bits per heavy atom. The topological polar surface area (TPSA) is 15.3 Å². The third-order valence-corrected chi connectivity index (χ3v) is 4.02. The summed E-state index contributed by atoms with van der Waals surface area (Å²) >= 11 is 0. The van der Waals surface area contributed by atoms with Gasteiger partial charge in [-0.2, -0.15) is 0 Å². The highest BCUT2D eigenvalue weighted by atomic mass is 15.2. The van der Waals surface area contributed by atoms with Crippen LogP contribution in [0.15, 0.2) is 30.3 Å². The van der Waals surface area contributed by atoms with Crippen LogP contribution in [0, 0.1) is 11.8 Å². The molecule has 2 nitrogen and oxygen atoms in total. The number of rotatable bonds is 3. The summed E-state index contributed by atoms with van der Waals surface area (Å²) in [7, 11) is 0. The minimum Gasteiger partial charge on any atom is -0.316 e. The Morgan fingerprint density at radius 3 is 2.05 bits per heavy atom. The van der Waals surface area contributed by atoms with E-state index >= 15 is 0 Å². The number of likely N-dealkylation sites (tertiary alicyclic amines) is 1. The van der Waals surface area contributed by atoms with E-state index in [1.54, 1.807) is 0 Å². The maximum Gasteiger partial charge on any atom is 0.00257 e.